The summed E-state index contributed by atoms with van der Waals surface area (Å²) >= 11 is 0. The average Bonchev–Trinajstić information content (AvgIpc) is 3.07. The van der Waals surface area contributed by atoms with Crippen LogP contribution in [0, 0.1) is 0 Å². The number of nitrogens with one attached hydrogen (secondary N) is 1. The first-order valence-corrected chi connectivity index (χ1v) is 20.6. The lowest BCUT2D eigenvalue weighted by Gasteiger charge is -2.23. The lowest BCUT2D eigenvalue weighted by atomic mass is 10.0. The van der Waals surface area contributed by atoms with Gasteiger partial charge >= 0.3 is 0 Å². The lowest BCUT2D eigenvalue weighted by molar-refractivity contribution is -0.131. The molecule has 4 N–H and O–H groups in total. The predicted octanol–water partition coefficient (Wildman–Crippen LogP) is 11.4. The number of carbonyl (C=O) groups is 1. The SMILES string of the molecule is CCCCCCCCCCC/C=C\C/C=C\CCCCCCCCC(O)C(=O)NC(CO)C(O)CCCCCCCCCCCCC. The zero-order valence-corrected chi connectivity index (χ0v) is 31.4. The van der Waals surface area contributed by atoms with Crippen LogP contribution in [0.15, 0.2) is 24.3 Å². The van der Waals surface area contributed by atoms with Gasteiger partial charge in [0.2, 0.25) is 5.91 Å². The van der Waals surface area contributed by atoms with E-state index in [1.807, 2.05) is 0 Å². The summed E-state index contributed by atoms with van der Waals surface area (Å²) in [7, 11) is 0. The molecule has 0 aromatic rings. The molecule has 0 heterocycles. The first kappa shape index (κ1) is 45.8. The minimum absolute atomic E-state index is 0.317. The van der Waals surface area contributed by atoms with Gasteiger partial charge in [-0.15, -0.1) is 0 Å². The van der Waals surface area contributed by atoms with E-state index in [-0.39, 0.29) is 6.61 Å². The van der Waals surface area contributed by atoms with Crippen molar-refractivity contribution in [2.45, 2.75) is 231 Å². The summed E-state index contributed by atoms with van der Waals surface area (Å²) < 4.78 is 0. The third-order valence-electron chi connectivity index (χ3n) is 9.57. The quantitative estimate of drug-likeness (QED) is 0.0393. The summed E-state index contributed by atoms with van der Waals surface area (Å²) in [6.45, 7) is 4.21. The van der Waals surface area contributed by atoms with Crippen molar-refractivity contribution in [2.24, 2.45) is 0 Å². The molecule has 0 spiro atoms. The fourth-order valence-corrected chi connectivity index (χ4v) is 6.28. The highest BCUT2D eigenvalue weighted by molar-refractivity contribution is 5.80. The second-order valence-corrected chi connectivity index (χ2v) is 14.2. The van der Waals surface area contributed by atoms with E-state index >= 15 is 0 Å². The summed E-state index contributed by atoms with van der Waals surface area (Å²) in [4.78, 5) is 12.4. The molecule has 3 atom stereocenters. The van der Waals surface area contributed by atoms with E-state index in [9.17, 15) is 20.1 Å². The van der Waals surface area contributed by atoms with E-state index in [4.69, 9.17) is 0 Å². The Morgan fingerprint density at radius 2 is 0.872 bits per heavy atom. The van der Waals surface area contributed by atoms with Gasteiger partial charge in [0.1, 0.15) is 6.10 Å². The van der Waals surface area contributed by atoms with Crippen molar-refractivity contribution in [2.75, 3.05) is 6.61 Å². The lowest BCUT2D eigenvalue weighted by Crippen LogP contribution is -2.49. The molecular weight excluding hydrogens is 582 g/mol. The Morgan fingerprint density at radius 3 is 1.28 bits per heavy atom. The standard InChI is InChI=1S/C42H81NO4/c1-3-5-7-9-11-13-15-16-17-18-19-20-21-22-23-24-25-27-29-31-33-35-37-41(46)42(47)43-39(38-44)40(45)36-34-32-30-28-26-14-12-10-8-6-4-2/h19-20,22-23,39-41,44-46H,3-18,21,24-38H2,1-2H3,(H,43,47)/b20-19-,23-22-. The Bertz CT molecular complexity index is 694. The minimum Gasteiger partial charge on any atom is -0.394 e. The molecule has 3 unspecified atom stereocenters. The van der Waals surface area contributed by atoms with Gasteiger partial charge in [-0.25, -0.2) is 0 Å². The molecule has 5 heteroatoms. The fourth-order valence-electron chi connectivity index (χ4n) is 6.28. The number of aliphatic hydroxyl groups excluding tert-OH is 3. The van der Waals surface area contributed by atoms with Crippen molar-refractivity contribution < 1.29 is 20.1 Å². The van der Waals surface area contributed by atoms with Crippen molar-refractivity contribution in [3.05, 3.63) is 24.3 Å². The Kier molecular flexibility index (Phi) is 36.7. The zero-order valence-electron chi connectivity index (χ0n) is 31.4. The van der Waals surface area contributed by atoms with E-state index in [2.05, 4.69) is 43.5 Å². The molecule has 0 radical (unpaired) electrons. The highest BCUT2D eigenvalue weighted by Crippen LogP contribution is 2.15. The molecule has 0 bridgehead atoms. The molecule has 0 aromatic carbocycles. The Balaban J connectivity index is 3.65. The monoisotopic (exact) mass is 664 g/mol. The zero-order chi connectivity index (χ0) is 34.5. The van der Waals surface area contributed by atoms with Crippen molar-refractivity contribution in [1.29, 1.82) is 0 Å². The molecule has 0 rings (SSSR count). The average molecular weight is 664 g/mol. The van der Waals surface area contributed by atoms with Gasteiger partial charge in [0.25, 0.3) is 0 Å². The molecule has 0 fully saturated rings. The highest BCUT2D eigenvalue weighted by atomic mass is 16.3. The second-order valence-electron chi connectivity index (χ2n) is 14.2. The number of rotatable bonds is 37. The van der Waals surface area contributed by atoms with Gasteiger partial charge in [0, 0.05) is 0 Å². The van der Waals surface area contributed by atoms with Crippen molar-refractivity contribution >= 4 is 5.91 Å². The molecule has 278 valence electrons. The molecule has 0 aliphatic carbocycles. The van der Waals surface area contributed by atoms with Crippen LogP contribution in [0.3, 0.4) is 0 Å². The van der Waals surface area contributed by atoms with E-state index in [1.165, 1.54) is 141 Å². The van der Waals surface area contributed by atoms with Gasteiger partial charge in [-0.1, -0.05) is 192 Å². The van der Waals surface area contributed by atoms with Crippen LogP contribution < -0.4 is 5.32 Å². The maximum absolute atomic E-state index is 12.4. The molecule has 0 aliphatic rings. The first-order valence-electron chi connectivity index (χ1n) is 20.6. The van der Waals surface area contributed by atoms with Gasteiger partial charge in [0.15, 0.2) is 0 Å². The van der Waals surface area contributed by atoms with Gasteiger partial charge in [-0.05, 0) is 44.9 Å². The molecular formula is C42H81NO4. The molecule has 0 aliphatic heterocycles. The van der Waals surface area contributed by atoms with Crippen molar-refractivity contribution in [3.63, 3.8) is 0 Å². The van der Waals surface area contributed by atoms with Crippen LogP contribution in [0.2, 0.25) is 0 Å². The maximum Gasteiger partial charge on any atom is 0.249 e. The van der Waals surface area contributed by atoms with Crippen LogP contribution in [0.1, 0.15) is 213 Å². The van der Waals surface area contributed by atoms with Crippen LogP contribution in [0.4, 0.5) is 0 Å². The van der Waals surface area contributed by atoms with E-state index in [1.54, 1.807) is 0 Å². The smallest absolute Gasteiger partial charge is 0.249 e. The Morgan fingerprint density at radius 1 is 0.511 bits per heavy atom. The second kappa shape index (κ2) is 37.6. The normalized spacial score (nSPS) is 13.9. The first-order chi connectivity index (χ1) is 23.1. The minimum atomic E-state index is -1.08. The molecule has 0 saturated heterocycles. The fraction of sp³-hybridized carbons (Fsp3) is 0.881. The third-order valence-corrected chi connectivity index (χ3v) is 9.57. The van der Waals surface area contributed by atoms with Crippen molar-refractivity contribution in [1.82, 2.24) is 5.32 Å². The van der Waals surface area contributed by atoms with Gasteiger partial charge in [0.05, 0.1) is 18.8 Å². The molecule has 1 amide bonds. The predicted molar refractivity (Wildman–Crippen MR) is 204 cm³/mol. The van der Waals surface area contributed by atoms with Crippen LogP contribution in [0.25, 0.3) is 0 Å². The number of allylic oxidation sites excluding steroid dienone is 4. The summed E-state index contributed by atoms with van der Waals surface area (Å²) in [6.07, 6.45) is 44.6. The highest BCUT2D eigenvalue weighted by Gasteiger charge is 2.23. The molecule has 5 nitrogen and oxygen atoms in total. The van der Waals surface area contributed by atoms with Crippen molar-refractivity contribution in [3.8, 4) is 0 Å². The van der Waals surface area contributed by atoms with Crippen LogP contribution in [-0.4, -0.2) is 46.1 Å². The summed E-state index contributed by atoms with van der Waals surface area (Å²) in [5.41, 5.74) is 0. The summed E-state index contributed by atoms with van der Waals surface area (Å²) in [5.74, 6) is -0.479. The van der Waals surface area contributed by atoms with Crippen LogP contribution in [0.5, 0.6) is 0 Å². The maximum atomic E-state index is 12.4. The number of hydrogen-bond donors (Lipinski definition) is 4. The number of carbonyl (C=O) groups excluding carboxylic acids is 1. The Hall–Kier alpha value is -1.17. The topological polar surface area (TPSA) is 89.8 Å². The molecule has 47 heavy (non-hydrogen) atoms. The van der Waals surface area contributed by atoms with E-state index < -0.39 is 24.2 Å². The van der Waals surface area contributed by atoms with Crippen LogP contribution in [-0.2, 0) is 4.79 Å². The number of aliphatic hydroxyl groups is 3. The summed E-state index contributed by atoms with van der Waals surface area (Å²) in [5, 5.41) is 33.2. The molecule has 0 saturated carbocycles. The van der Waals surface area contributed by atoms with E-state index in [0.717, 1.165) is 44.9 Å². The molecule has 0 aromatic heterocycles. The third kappa shape index (κ3) is 33.1. The van der Waals surface area contributed by atoms with Crippen LogP contribution >= 0.6 is 0 Å². The van der Waals surface area contributed by atoms with Gasteiger partial charge < -0.3 is 20.6 Å². The van der Waals surface area contributed by atoms with Gasteiger partial charge in [-0.2, -0.15) is 0 Å². The van der Waals surface area contributed by atoms with Gasteiger partial charge in [-0.3, -0.25) is 4.79 Å². The number of hydrogen-bond acceptors (Lipinski definition) is 4. The van der Waals surface area contributed by atoms with E-state index in [0.29, 0.717) is 12.8 Å². The number of amides is 1. The number of unbranched alkanes of at least 4 members (excludes halogenated alkanes) is 25. The summed E-state index contributed by atoms with van der Waals surface area (Å²) in [6, 6.07) is -0.713. The largest absolute Gasteiger partial charge is 0.394 e. The Labute approximate surface area is 292 Å².